The van der Waals surface area contributed by atoms with E-state index in [1.54, 1.807) is 0 Å². The van der Waals surface area contributed by atoms with Crippen molar-refractivity contribution in [1.82, 2.24) is 25.3 Å². The van der Waals surface area contributed by atoms with Crippen LogP contribution in [0.3, 0.4) is 0 Å². The summed E-state index contributed by atoms with van der Waals surface area (Å²) in [6.07, 6.45) is 3.61. The zero-order valence-corrected chi connectivity index (χ0v) is 22.1. The summed E-state index contributed by atoms with van der Waals surface area (Å²) in [7, 11) is 2.01. The number of hydrogen-bond donors (Lipinski definition) is 2. The lowest BCUT2D eigenvalue weighted by atomic mass is 10.1. The molecule has 0 saturated carbocycles. The van der Waals surface area contributed by atoms with Crippen molar-refractivity contribution in [3.63, 3.8) is 0 Å². The van der Waals surface area contributed by atoms with Crippen molar-refractivity contribution in [2.24, 2.45) is 12.0 Å². The van der Waals surface area contributed by atoms with Crippen molar-refractivity contribution in [2.45, 2.75) is 66.1 Å². The van der Waals surface area contributed by atoms with Gasteiger partial charge in [-0.15, -0.1) is 24.0 Å². The van der Waals surface area contributed by atoms with Gasteiger partial charge in [0.25, 0.3) is 0 Å². The molecule has 2 heterocycles. The van der Waals surface area contributed by atoms with E-state index in [4.69, 9.17) is 4.99 Å². The van der Waals surface area contributed by atoms with Crippen LogP contribution in [0.15, 0.2) is 29.3 Å². The monoisotopic (exact) mass is 538 g/mol. The van der Waals surface area contributed by atoms with Gasteiger partial charge in [-0.1, -0.05) is 24.3 Å². The highest BCUT2D eigenvalue weighted by Gasteiger charge is 2.14. The summed E-state index contributed by atoms with van der Waals surface area (Å²) in [5.74, 6) is 0.866. The average molecular weight is 539 g/mol. The van der Waals surface area contributed by atoms with Crippen molar-refractivity contribution in [3.8, 4) is 0 Å². The summed E-state index contributed by atoms with van der Waals surface area (Å²) in [5.41, 5.74) is 6.30. The highest BCUT2D eigenvalue weighted by molar-refractivity contribution is 14.0. The van der Waals surface area contributed by atoms with Crippen LogP contribution in [-0.2, 0) is 26.6 Å². The number of aliphatic imine (C=N–C) groups is 1. The normalized spacial score (nSPS) is 15.6. The number of aromatic nitrogens is 2. The quantitative estimate of drug-likeness (QED) is 0.304. The van der Waals surface area contributed by atoms with E-state index < -0.39 is 0 Å². The van der Waals surface area contributed by atoms with E-state index in [0.29, 0.717) is 6.54 Å². The Morgan fingerprint density at radius 2 is 1.77 bits per heavy atom. The third-order valence-electron chi connectivity index (χ3n) is 5.94. The van der Waals surface area contributed by atoms with Crippen molar-refractivity contribution >= 4 is 29.9 Å². The molecule has 0 spiro atoms. The molecular weight excluding hydrogens is 499 g/mol. The summed E-state index contributed by atoms with van der Waals surface area (Å²) in [4.78, 5) is 7.35. The first-order valence-corrected chi connectivity index (χ1v) is 11.3. The summed E-state index contributed by atoms with van der Waals surface area (Å²) >= 11 is 0. The predicted molar refractivity (Wildman–Crippen MR) is 140 cm³/mol. The summed E-state index contributed by atoms with van der Waals surface area (Å²) < 4.78 is 1.96. The Balaban J connectivity index is 0.00000341. The van der Waals surface area contributed by atoms with Crippen LogP contribution in [0, 0.1) is 13.8 Å². The second kappa shape index (κ2) is 12.4. The van der Waals surface area contributed by atoms with Crippen LogP contribution < -0.4 is 10.6 Å². The number of rotatable bonds is 8. The van der Waals surface area contributed by atoms with Crippen molar-refractivity contribution in [3.05, 3.63) is 52.3 Å². The van der Waals surface area contributed by atoms with Crippen molar-refractivity contribution < 1.29 is 0 Å². The summed E-state index contributed by atoms with van der Waals surface area (Å²) in [6.45, 7) is 13.6. The van der Waals surface area contributed by atoms with E-state index >= 15 is 0 Å². The molecular formula is C24H39IN6. The molecule has 1 saturated heterocycles. The van der Waals surface area contributed by atoms with Gasteiger partial charge in [0.05, 0.1) is 12.2 Å². The molecule has 1 aromatic heterocycles. The fourth-order valence-corrected chi connectivity index (χ4v) is 4.14. The maximum Gasteiger partial charge on any atom is 0.191 e. The van der Waals surface area contributed by atoms with E-state index in [0.717, 1.165) is 31.2 Å². The Kier molecular flexibility index (Phi) is 10.3. The Morgan fingerprint density at radius 3 is 2.35 bits per heavy atom. The van der Waals surface area contributed by atoms with Crippen LogP contribution in [0.2, 0.25) is 0 Å². The number of nitrogens with one attached hydrogen (secondary N) is 2. The van der Waals surface area contributed by atoms with Crippen LogP contribution in [-0.4, -0.2) is 46.3 Å². The van der Waals surface area contributed by atoms with Gasteiger partial charge >= 0.3 is 0 Å². The SMILES string of the molecule is CCNC(=NCc1ccc(CN2CCCC2)cc1)NC(C)Cc1c(C)nn(C)c1C.I. The molecule has 0 bridgehead atoms. The second-order valence-corrected chi connectivity index (χ2v) is 8.52. The Hall–Kier alpha value is -1.61. The van der Waals surface area contributed by atoms with Gasteiger partial charge in [0, 0.05) is 31.9 Å². The lowest BCUT2D eigenvalue weighted by molar-refractivity contribution is 0.331. The van der Waals surface area contributed by atoms with E-state index in [1.807, 2.05) is 11.7 Å². The number of nitrogens with zero attached hydrogens (tertiary/aromatic N) is 4. The average Bonchev–Trinajstić information content (AvgIpc) is 3.31. The number of likely N-dealkylation sites (tertiary alicyclic amines) is 1. The largest absolute Gasteiger partial charge is 0.357 e. The molecule has 1 aliphatic rings. The number of halogens is 1. The Bertz CT molecular complexity index is 836. The molecule has 2 aromatic rings. The minimum atomic E-state index is 0. The highest BCUT2D eigenvalue weighted by atomic mass is 127. The summed E-state index contributed by atoms with van der Waals surface area (Å²) in [6, 6.07) is 9.20. The smallest absolute Gasteiger partial charge is 0.191 e. The topological polar surface area (TPSA) is 57.5 Å². The number of guanidine groups is 1. The third-order valence-corrected chi connectivity index (χ3v) is 5.94. The molecule has 1 atom stereocenters. The maximum absolute atomic E-state index is 4.81. The zero-order valence-electron chi connectivity index (χ0n) is 19.7. The predicted octanol–water partition coefficient (Wildman–Crippen LogP) is 3.94. The lowest BCUT2D eigenvalue weighted by Crippen LogP contribution is -2.43. The molecule has 7 heteroatoms. The molecule has 1 fully saturated rings. The van der Waals surface area contributed by atoms with Gasteiger partial charge in [0.2, 0.25) is 0 Å². The maximum atomic E-state index is 4.81. The summed E-state index contributed by atoms with van der Waals surface area (Å²) in [5, 5.41) is 11.5. The van der Waals surface area contributed by atoms with Gasteiger partial charge in [-0.3, -0.25) is 9.58 Å². The zero-order chi connectivity index (χ0) is 21.5. The molecule has 31 heavy (non-hydrogen) atoms. The Morgan fingerprint density at radius 1 is 1.13 bits per heavy atom. The first-order valence-electron chi connectivity index (χ1n) is 11.3. The van der Waals surface area contributed by atoms with Gasteiger partial charge in [-0.25, -0.2) is 4.99 Å². The van der Waals surface area contributed by atoms with E-state index in [1.165, 1.54) is 48.3 Å². The van der Waals surface area contributed by atoms with Gasteiger partial charge in [0.1, 0.15) is 0 Å². The molecule has 3 rings (SSSR count). The van der Waals surface area contributed by atoms with Crippen LogP contribution >= 0.6 is 24.0 Å². The van der Waals surface area contributed by atoms with Gasteiger partial charge in [-0.05, 0) is 76.7 Å². The number of hydrogen-bond acceptors (Lipinski definition) is 3. The molecule has 0 radical (unpaired) electrons. The highest BCUT2D eigenvalue weighted by Crippen LogP contribution is 2.15. The molecule has 0 aliphatic carbocycles. The second-order valence-electron chi connectivity index (χ2n) is 8.52. The Labute approximate surface area is 204 Å². The van der Waals surface area contributed by atoms with Gasteiger partial charge in [-0.2, -0.15) is 5.10 Å². The number of benzene rings is 1. The molecule has 1 aliphatic heterocycles. The van der Waals surface area contributed by atoms with Gasteiger partial charge in [0.15, 0.2) is 5.96 Å². The molecule has 0 amide bonds. The van der Waals surface area contributed by atoms with E-state index in [9.17, 15) is 0 Å². The standard InChI is InChI=1S/C24H38N6.HI/c1-6-25-24(27-18(2)15-23-19(3)28-29(5)20(23)4)26-16-21-9-11-22(12-10-21)17-30-13-7-8-14-30;/h9-12,18H,6-8,13-17H2,1-5H3,(H2,25,26,27);1H. The van der Waals surface area contributed by atoms with Crippen LogP contribution in [0.25, 0.3) is 0 Å². The van der Waals surface area contributed by atoms with Crippen LogP contribution in [0.5, 0.6) is 0 Å². The van der Waals surface area contributed by atoms with Gasteiger partial charge < -0.3 is 10.6 Å². The lowest BCUT2D eigenvalue weighted by Gasteiger charge is -2.18. The first kappa shape index (κ1) is 25.6. The molecule has 6 nitrogen and oxygen atoms in total. The fraction of sp³-hybridized carbons (Fsp3) is 0.583. The van der Waals surface area contributed by atoms with Crippen LogP contribution in [0.4, 0.5) is 0 Å². The van der Waals surface area contributed by atoms with Crippen molar-refractivity contribution in [2.75, 3.05) is 19.6 Å². The first-order chi connectivity index (χ1) is 14.5. The molecule has 2 N–H and O–H groups in total. The fourth-order valence-electron chi connectivity index (χ4n) is 4.14. The van der Waals surface area contributed by atoms with Crippen LogP contribution in [0.1, 0.15) is 54.8 Å². The minimum absolute atomic E-state index is 0. The van der Waals surface area contributed by atoms with Crippen molar-refractivity contribution in [1.29, 1.82) is 0 Å². The number of aryl methyl sites for hydroxylation is 2. The molecule has 1 aromatic carbocycles. The minimum Gasteiger partial charge on any atom is -0.357 e. The molecule has 1 unspecified atom stereocenters. The van der Waals surface area contributed by atoms with E-state index in [2.05, 4.69) is 72.6 Å². The molecule has 172 valence electrons. The third kappa shape index (κ3) is 7.49. The van der Waals surface area contributed by atoms with E-state index in [-0.39, 0.29) is 30.0 Å².